The fourth-order valence-corrected chi connectivity index (χ4v) is 6.55. The summed E-state index contributed by atoms with van der Waals surface area (Å²) in [6.45, 7) is 0.811. The number of benzene rings is 3. The lowest BCUT2D eigenvalue weighted by Crippen LogP contribution is -2.49. The van der Waals surface area contributed by atoms with Crippen LogP contribution in [-0.2, 0) is 25.6 Å². The molecule has 266 valence electrons. The van der Waals surface area contributed by atoms with Crippen LogP contribution in [-0.4, -0.2) is 128 Å². The first-order valence-electron chi connectivity index (χ1n) is 16.8. The summed E-state index contributed by atoms with van der Waals surface area (Å²) in [5.41, 5.74) is 0.799. The number of carbonyl (C=O) groups excluding carboxylic acids is 5. The second-order valence-corrected chi connectivity index (χ2v) is 13.3. The maximum absolute atomic E-state index is 14.5. The summed E-state index contributed by atoms with van der Waals surface area (Å²) in [7, 11) is 6.68. The van der Waals surface area contributed by atoms with E-state index in [2.05, 4.69) is 10.6 Å². The lowest BCUT2D eigenvalue weighted by atomic mass is 10.0. The van der Waals surface area contributed by atoms with Crippen molar-refractivity contribution in [3.8, 4) is 5.75 Å². The fraction of sp³-hybridized carbons (Fsp3) is 0.432. The Hall–Kier alpha value is -5.04. The van der Waals surface area contributed by atoms with E-state index in [1.165, 1.54) is 36.0 Å². The molecule has 0 aliphatic carbocycles. The van der Waals surface area contributed by atoms with Gasteiger partial charge in [-0.3, -0.25) is 24.0 Å². The van der Waals surface area contributed by atoms with Crippen molar-refractivity contribution in [3.05, 3.63) is 77.6 Å². The van der Waals surface area contributed by atoms with Gasteiger partial charge < -0.3 is 35.0 Å². The first-order chi connectivity index (χ1) is 23.9. The average molecular weight is 689 g/mol. The number of nitrogens with zero attached hydrogens (tertiary/aromatic N) is 4. The molecule has 12 nitrogen and oxygen atoms in total. The van der Waals surface area contributed by atoms with Gasteiger partial charge in [0.15, 0.2) is 0 Å². The van der Waals surface area contributed by atoms with Crippen molar-refractivity contribution in [2.24, 2.45) is 0 Å². The SMILES string of the molecule is CN(C)CCNC(=O)[C@@H]1CCC(=O)N(C)CC(=O)N2C[C@@H](NC(=O)Cc3cccc4ccccc34)C[C@H]2COc2ccc(F)cc2C(=O)N1C. The van der Waals surface area contributed by atoms with Crippen LogP contribution in [0.25, 0.3) is 10.8 Å². The molecule has 0 aromatic heterocycles. The Balaban J connectivity index is 1.36. The van der Waals surface area contributed by atoms with E-state index in [1.807, 2.05) is 61.5 Å². The van der Waals surface area contributed by atoms with Gasteiger partial charge in [0, 0.05) is 46.2 Å². The van der Waals surface area contributed by atoms with E-state index in [0.717, 1.165) is 22.4 Å². The summed E-state index contributed by atoms with van der Waals surface area (Å²) in [5, 5.41) is 7.92. The Morgan fingerprint density at radius 3 is 2.54 bits per heavy atom. The van der Waals surface area contributed by atoms with E-state index in [0.29, 0.717) is 19.5 Å². The Morgan fingerprint density at radius 2 is 1.76 bits per heavy atom. The van der Waals surface area contributed by atoms with E-state index < -0.39 is 29.7 Å². The van der Waals surface area contributed by atoms with Crippen LogP contribution in [0.2, 0.25) is 0 Å². The van der Waals surface area contributed by atoms with Crippen molar-refractivity contribution in [3.63, 3.8) is 0 Å². The maximum Gasteiger partial charge on any atom is 0.258 e. The smallest absolute Gasteiger partial charge is 0.258 e. The van der Waals surface area contributed by atoms with Crippen molar-refractivity contribution >= 4 is 40.3 Å². The zero-order chi connectivity index (χ0) is 35.9. The molecule has 2 heterocycles. The van der Waals surface area contributed by atoms with Crippen molar-refractivity contribution in [2.45, 2.75) is 43.8 Å². The van der Waals surface area contributed by atoms with Crippen LogP contribution in [0.1, 0.15) is 35.2 Å². The van der Waals surface area contributed by atoms with Gasteiger partial charge in [0.2, 0.25) is 23.6 Å². The van der Waals surface area contributed by atoms with Gasteiger partial charge in [-0.25, -0.2) is 4.39 Å². The van der Waals surface area contributed by atoms with E-state index in [4.69, 9.17) is 4.74 Å². The van der Waals surface area contributed by atoms with E-state index in [-0.39, 0.29) is 74.0 Å². The third-order valence-corrected chi connectivity index (χ3v) is 9.31. The molecular formula is C37H45FN6O6. The number of hydrogen-bond acceptors (Lipinski definition) is 7. The van der Waals surface area contributed by atoms with Gasteiger partial charge in [0.25, 0.3) is 5.91 Å². The zero-order valence-corrected chi connectivity index (χ0v) is 29.0. The Labute approximate surface area is 291 Å². The summed E-state index contributed by atoms with van der Waals surface area (Å²) in [6, 6.07) is 15.3. The number of likely N-dealkylation sites (N-methyl/N-ethyl adjacent to an activating group) is 3. The first kappa shape index (κ1) is 36.2. The fourth-order valence-electron chi connectivity index (χ4n) is 6.55. The Kier molecular flexibility index (Phi) is 11.7. The second-order valence-electron chi connectivity index (χ2n) is 13.3. The Morgan fingerprint density at radius 1 is 1.00 bits per heavy atom. The van der Waals surface area contributed by atoms with Crippen LogP contribution in [0.15, 0.2) is 60.7 Å². The predicted octanol–water partition coefficient (Wildman–Crippen LogP) is 2.06. The molecule has 5 amide bonds. The van der Waals surface area contributed by atoms with Crippen LogP contribution >= 0.6 is 0 Å². The molecule has 3 atom stereocenters. The highest BCUT2D eigenvalue weighted by Crippen LogP contribution is 2.27. The highest BCUT2D eigenvalue weighted by molar-refractivity contribution is 6.00. The monoisotopic (exact) mass is 688 g/mol. The zero-order valence-electron chi connectivity index (χ0n) is 29.0. The molecule has 50 heavy (non-hydrogen) atoms. The summed E-state index contributed by atoms with van der Waals surface area (Å²) < 4.78 is 20.7. The number of nitrogens with one attached hydrogen (secondary N) is 2. The van der Waals surface area contributed by atoms with Crippen molar-refractivity contribution in [1.29, 1.82) is 0 Å². The van der Waals surface area contributed by atoms with Gasteiger partial charge in [-0.1, -0.05) is 42.5 Å². The van der Waals surface area contributed by atoms with Gasteiger partial charge in [-0.2, -0.15) is 0 Å². The number of halogens is 1. The number of carbonyl (C=O) groups is 5. The molecule has 0 spiro atoms. The molecule has 0 radical (unpaired) electrons. The van der Waals surface area contributed by atoms with Gasteiger partial charge in [0.1, 0.15) is 24.2 Å². The first-order valence-corrected chi connectivity index (χ1v) is 16.8. The third kappa shape index (κ3) is 8.75. The molecule has 0 saturated carbocycles. The maximum atomic E-state index is 14.5. The second kappa shape index (κ2) is 16.1. The minimum absolute atomic E-state index is 0.0178. The number of amides is 5. The molecule has 5 rings (SSSR count). The minimum Gasteiger partial charge on any atom is -0.491 e. The van der Waals surface area contributed by atoms with Crippen LogP contribution in [0, 0.1) is 5.82 Å². The molecule has 2 aliphatic heterocycles. The van der Waals surface area contributed by atoms with E-state index >= 15 is 0 Å². The van der Waals surface area contributed by atoms with Crippen molar-refractivity contribution < 1.29 is 33.1 Å². The normalized spacial score (nSPS) is 20.6. The quantitative estimate of drug-likeness (QED) is 0.389. The molecule has 2 N–H and O–H groups in total. The van der Waals surface area contributed by atoms with Gasteiger partial charge in [0.05, 0.1) is 24.6 Å². The van der Waals surface area contributed by atoms with Crippen molar-refractivity contribution in [2.75, 3.05) is 61.0 Å². The van der Waals surface area contributed by atoms with E-state index in [9.17, 15) is 28.4 Å². The van der Waals surface area contributed by atoms with Gasteiger partial charge in [-0.05, 0) is 61.5 Å². The molecule has 0 unspecified atom stereocenters. The summed E-state index contributed by atoms with van der Waals surface area (Å²) >= 11 is 0. The average Bonchev–Trinajstić information content (AvgIpc) is 3.49. The number of fused-ring (bicyclic) bond motifs is 3. The van der Waals surface area contributed by atoms with Gasteiger partial charge in [-0.15, -0.1) is 0 Å². The highest BCUT2D eigenvalue weighted by Gasteiger charge is 2.38. The standard InChI is InChI=1S/C37H45FN6O6/c1-41(2)17-16-39-36(48)31-13-15-34(46)42(3)22-35(47)44-21-27(40-33(45)18-25-10-7-9-24-8-5-6-11-29(24)25)20-28(44)23-50-32-14-12-26(38)19-30(32)37(49)43(31)4/h5-12,14,19,27-28,31H,13,15-18,20-23H2,1-4H3,(H,39,48)(H,40,45)/t27-,28-,31-/m0/s1. The lowest BCUT2D eigenvalue weighted by molar-refractivity contribution is -0.140. The van der Waals surface area contributed by atoms with Crippen LogP contribution < -0.4 is 15.4 Å². The predicted molar refractivity (Wildman–Crippen MR) is 186 cm³/mol. The molecule has 3 aromatic carbocycles. The van der Waals surface area contributed by atoms with Crippen LogP contribution in [0.4, 0.5) is 4.39 Å². The van der Waals surface area contributed by atoms with Gasteiger partial charge >= 0.3 is 0 Å². The molecule has 0 bridgehead atoms. The minimum atomic E-state index is -1.04. The lowest BCUT2D eigenvalue weighted by Gasteiger charge is -2.28. The molecule has 3 aromatic rings. The summed E-state index contributed by atoms with van der Waals surface area (Å²) in [5.74, 6) is -2.58. The number of ether oxygens (including phenoxy) is 1. The summed E-state index contributed by atoms with van der Waals surface area (Å²) in [4.78, 5) is 73.3. The highest BCUT2D eigenvalue weighted by atomic mass is 19.1. The summed E-state index contributed by atoms with van der Waals surface area (Å²) in [6.07, 6.45) is 0.393. The molecule has 13 heteroatoms. The molecule has 2 aliphatic rings. The van der Waals surface area contributed by atoms with Crippen LogP contribution in [0.5, 0.6) is 5.75 Å². The topological polar surface area (TPSA) is 132 Å². The molecule has 1 fully saturated rings. The Bertz CT molecular complexity index is 1750. The number of hydrogen-bond donors (Lipinski definition) is 2. The van der Waals surface area contributed by atoms with Crippen molar-refractivity contribution in [1.82, 2.24) is 30.2 Å². The molecular weight excluding hydrogens is 643 g/mol. The third-order valence-electron chi connectivity index (χ3n) is 9.31. The largest absolute Gasteiger partial charge is 0.491 e. The molecule has 1 saturated heterocycles. The number of rotatable bonds is 7. The van der Waals surface area contributed by atoms with E-state index in [1.54, 1.807) is 4.90 Å². The van der Waals surface area contributed by atoms with Crippen LogP contribution in [0.3, 0.4) is 0 Å².